The third-order valence-corrected chi connectivity index (χ3v) is 6.97. The molecule has 2 atom stereocenters. The van der Waals surface area contributed by atoms with Crippen LogP contribution in [0.25, 0.3) is 21.7 Å². The summed E-state index contributed by atoms with van der Waals surface area (Å²) in [6.45, 7) is 2.69. The molecule has 1 saturated heterocycles. The van der Waals surface area contributed by atoms with Gasteiger partial charge in [-0.1, -0.05) is 36.4 Å². The number of carbonyl (C=O) groups excluding carboxylic acids is 2. The van der Waals surface area contributed by atoms with Gasteiger partial charge in [0.2, 0.25) is 5.91 Å². The van der Waals surface area contributed by atoms with Crippen LogP contribution in [-0.2, 0) is 16.0 Å². The van der Waals surface area contributed by atoms with Crippen LogP contribution in [0.5, 0.6) is 0 Å². The van der Waals surface area contributed by atoms with Crippen molar-refractivity contribution in [3.63, 3.8) is 0 Å². The summed E-state index contributed by atoms with van der Waals surface area (Å²) >= 11 is 0. The van der Waals surface area contributed by atoms with E-state index < -0.39 is 6.04 Å². The molecule has 32 heavy (non-hydrogen) atoms. The number of nitrogens with zero attached hydrogens (tertiary/aromatic N) is 2. The Morgan fingerprint density at radius 3 is 2.69 bits per heavy atom. The molecule has 2 aliphatic rings. The van der Waals surface area contributed by atoms with Gasteiger partial charge in [0, 0.05) is 34.6 Å². The topological polar surface area (TPSA) is 56.4 Å². The average molecular weight is 427 g/mol. The lowest BCUT2D eigenvalue weighted by molar-refractivity contribution is -0.123. The molecule has 0 spiro atoms. The predicted octanol–water partition coefficient (Wildman–Crippen LogP) is 4.71. The number of benzene rings is 3. The Bertz CT molecular complexity index is 1400. The number of anilines is 1. The first kappa shape index (κ1) is 19.2. The van der Waals surface area contributed by atoms with Crippen molar-refractivity contribution in [3.8, 4) is 0 Å². The molecule has 0 saturated carbocycles. The van der Waals surface area contributed by atoms with Crippen LogP contribution in [0.2, 0.25) is 0 Å². The molecule has 1 N–H and O–H groups in total. The maximum atomic E-state index is 13.8. The molecule has 3 heterocycles. The number of halogens is 1. The van der Waals surface area contributed by atoms with Gasteiger partial charge in [-0.3, -0.25) is 14.5 Å². The summed E-state index contributed by atoms with van der Waals surface area (Å²) in [6, 6.07) is 17.7. The Morgan fingerprint density at radius 1 is 1.00 bits per heavy atom. The van der Waals surface area contributed by atoms with Crippen LogP contribution in [0, 0.1) is 5.82 Å². The number of aromatic nitrogens is 1. The zero-order chi connectivity index (χ0) is 22.0. The Morgan fingerprint density at radius 2 is 1.81 bits per heavy atom. The van der Waals surface area contributed by atoms with Crippen LogP contribution in [0.15, 0.2) is 60.7 Å². The van der Waals surface area contributed by atoms with Gasteiger partial charge in [-0.25, -0.2) is 9.29 Å². The predicted molar refractivity (Wildman–Crippen MR) is 122 cm³/mol. The van der Waals surface area contributed by atoms with Crippen molar-refractivity contribution in [2.45, 2.75) is 31.8 Å². The molecule has 6 rings (SSSR count). The third-order valence-electron chi connectivity index (χ3n) is 6.97. The zero-order valence-corrected chi connectivity index (χ0v) is 17.6. The first-order chi connectivity index (χ1) is 15.5. The number of hydrogen-bond donors (Lipinski definition) is 1. The van der Waals surface area contributed by atoms with Crippen molar-refractivity contribution in [2.75, 3.05) is 11.4 Å². The lowest BCUT2D eigenvalue weighted by Crippen LogP contribution is -2.46. The van der Waals surface area contributed by atoms with Crippen molar-refractivity contribution >= 4 is 39.2 Å². The van der Waals surface area contributed by atoms with Gasteiger partial charge in [-0.2, -0.15) is 0 Å². The van der Waals surface area contributed by atoms with E-state index in [2.05, 4.69) is 9.88 Å². The van der Waals surface area contributed by atoms with E-state index in [1.54, 1.807) is 12.1 Å². The summed E-state index contributed by atoms with van der Waals surface area (Å²) < 4.78 is 13.8. The Hall–Kier alpha value is -3.51. The number of carbonyl (C=O) groups is 2. The SMILES string of the molecule is CC1c2[nH]c3ccc(F)cc3c2CCN1C1CC(=O)N(c2cccc3ccccc23)C1=O. The normalized spacial score (nSPS) is 21.6. The zero-order valence-electron chi connectivity index (χ0n) is 17.6. The number of imide groups is 1. The summed E-state index contributed by atoms with van der Waals surface area (Å²) in [5, 5.41) is 2.79. The fraction of sp³-hybridized carbons (Fsp3) is 0.231. The molecule has 1 fully saturated rings. The van der Waals surface area contributed by atoms with Crippen LogP contribution >= 0.6 is 0 Å². The van der Waals surface area contributed by atoms with E-state index in [1.807, 2.05) is 49.4 Å². The lowest BCUT2D eigenvalue weighted by atomic mass is 9.96. The Balaban J connectivity index is 1.36. The molecular formula is C26H22FN3O2. The van der Waals surface area contributed by atoms with Crippen LogP contribution in [0.3, 0.4) is 0 Å². The van der Waals surface area contributed by atoms with Gasteiger partial charge in [-0.05, 0) is 48.6 Å². The highest BCUT2D eigenvalue weighted by Gasteiger charge is 2.46. The first-order valence-electron chi connectivity index (χ1n) is 10.9. The molecule has 4 aromatic rings. The number of nitrogens with one attached hydrogen (secondary N) is 1. The van der Waals surface area contributed by atoms with E-state index >= 15 is 0 Å². The Labute approximate surface area is 184 Å². The highest BCUT2D eigenvalue weighted by atomic mass is 19.1. The van der Waals surface area contributed by atoms with Gasteiger partial charge in [-0.15, -0.1) is 0 Å². The number of H-pyrrole nitrogens is 1. The average Bonchev–Trinajstić information content (AvgIpc) is 3.31. The highest BCUT2D eigenvalue weighted by molar-refractivity contribution is 6.25. The van der Waals surface area contributed by atoms with E-state index in [4.69, 9.17) is 0 Å². The van der Waals surface area contributed by atoms with Gasteiger partial charge in [0.15, 0.2) is 0 Å². The van der Waals surface area contributed by atoms with Crippen LogP contribution in [0.4, 0.5) is 10.1 Å². The molecule has 5 nitrogen and oxygen atoms in total. The van der Waals surface area contributed by atoms with Crippen molar-refractivity contribution < 1.29 is 14.0 Å². The number of hydrogen-bond acceptors (Lipinski definition) is 3. The molecule has 3 aromatic carbocycles. The summed E-state index contributed by atoms with van der Waals surface area (Å²) in [5.74, 6) is -0.603. The second kappa shape index (κ2) is 7.00. The van der Waals surface area contributed by atoms with Crippen LogP contribution in [0.1, 0.15) is 30.6 Å². The molecule has 0 bridgehead atoms. The molecular weight excluding hydrogens is 405 g/mol. The quantitative estimate of drug-likeness (QED) is 0.472. The molecule has 6 heteroatoms. The van der Waals surface area contributed by atoms with Crippen LogP contribution < -0.4 is 4.90 Å². The fourth-order valence-corrected chi connectivity index (χ4v) is 5.42. The van der Waals surface area contributed by atoms with Gasteiger partial charge in [0.25, 0.3) is 5.91 Å². The third kappa shape index (κ3) is 2.72. The van der Waals surface area contributed by atoms with Gasteiger partial charge in [0.05, 0.1) is 18.2 Å². The molecule has 2 aliphatic heterocycles. The van der Waals surface area contributed by atoms with E-state index in [0.717, 1.165) is 32.9 Å². The Kier molecular flexibility index (Phi) is 4.20. The molecule has 2 unspecified atom stereocenters. The number of amides is 2. The lowest BCUT2D eigenvalue weighted by Gasteiger charge is -2.36. The van der Waals surface area contributed by atoms with E-state index in [9.17, 15) is 14.0 Å². The minimum Gasteiger partial charge on any atom is -0.357 e. The summed E-state index contributed by atoms with van der Waals surface area (Å²) in [5.41, 5.74) is 3.65. The smallest absolute Gasteiger partial charge is 0.251 e. The summed E-state index contributed by atoms with van der Waals surface area (Å²) in [4.78, 5) is 33.5. The summed E-state index contributed by atoms with van der Waals surface area (Å²) in [6.07, 6.45) is 0.867. The van der Waals surface area contributed by atoms with E-state index in [-0.39, 0.29) is 30.1 Å². The maximum Gasteiger partial charge on any atom is 0.251 e. The van der Waals surface area contributed by atoms with E-state index in [1.165, 1.54) is 11.0 Å². The molecule has 160 valence electrons. The largest absolute Gasteiger partial charge is 0.357 e. The monoisotopic (exact) mass is 427 g/mol. The molecule has 2 amide bonds. The van der Waals surface area contributed by atoms with Gasteiger partial charge >= 0.3 is 0 Å². The number of fused-ring (bicyclic) bond motifs is 4. The molecule has 1 aromatic heterocycles. The van der Waals surface area contributed by atoms with E-state index in [0.29, 0.717) is 18.7 Å². The minimum atomic E-state index is -0.507. The van der Waals surface area contributed by atoms with Gasteiger partial charge < -0.3 is 4.98 Å². The fourth-order valence-electron chi connectivity index (χ4n) is 5.42. The standard InChI is InChI=1S/C26H22FN3O2/c1-15-25-19(20-13-17(27)9-10-21(20)28-25)11-12-29(15)23-14-24(31)30(26(23)32)22-8-4-6-16-5-2-3-7-18(16)22/h2-10,13,15,23,28H,11-12,14H2,1H3. The highest BCUT2D eigenvalue weighted by Crippen LogP contribution is 2.39. The van der Waals surface area contributed by atoms with Crippen molar-refractivity contribution in [1.82, 2.24) is 9.88 Å². The number of aromatic amines is 1. The van der Waals surface area contributed by atoms with Crippen molar-refractivity contribution in [1.29, 1.82) is 0 Å². The molecule has 0 aliphatic carbocycles. The summed E-state index contributed by atoms with van der Waals surface area (Å²) in [7, 11) is 0. The second-order valence-corrected chi connectivity index (χ2v) is 8.66. The van der Waals surface area contributed by atoms with Crippen molar-refractivity contribution in [3.05, 3.63) is 77.7 Å². The minimum absolute atomic E-state index is 0.0802. The van der Waals surface area contributed by atoms with Crippen molar-refractivity contribution in [2.24, 2.45) is 0 Å². The van der Waals surface area contributed by atoms with Crippen LogP contribution in [-0.4, -0.2) is 34.3 Å². The second-order valence-electron chi connectivity index (χ2n) is 8.66. The van der Waals surface area contributed by atoms with Gasteiger partial charge in [0.1, 0.15) is 5.82 Å². The maximum absolute atomic E-state index is 13.8. The molecule has 0 radical (unpaired) electrons. The number of rotatable bonds is 2. The first-order valence-corrected chi connectivity index (χ1v) is 10.9.